The zero-order valence-electron chi connectivity index (χ0n) is 11.2. The van der Waals surface area contributed by atoms with Gasteiger partial charge in [-0.05, 0) is 12.8 Å². The third-order valence-electron chi connectivity index (χ3n) is 3.36. The van der Waals surface area contributed by atoms with Gasteiger partial charge < -0.3 is 14.9 Å². The second-order valence-electron chi connectivity index (χ2n) is 5.00. The molecule has 4 heteroatoms. The van der Waals surface area contributed by atoms with E-state index in [1.54, 1.807) is 0 Å². The Bertz CT molecular complexity index is 292. The van der Waals surface area contributed by atoms with Crippen LogP contribution in [-0.2, 0) is 9.53 Å². The molecule has 1 saturated heterocycles. The predicted octanol–water partition coefficient (Wildman–Crippen LogP) is 1.94. The zero-order chi connectivity index (χ0) is 13.4. The average Bonchev–Trinajstić information content (AvgIpc) is 2.71. The van der Waals surface area contributed by atoms with Crippen LogP contribution in [-0.4, -0.2) is 35.0 Å². The topological polar surface area (TPSA) is 66.8 Å². The van der Waals surface area contributed by atoms with Gasteiger partial charge in [-0.3, -0.25) is 0 Å². The van der Waals surface area contributed by atoms with Crippen LogP contribution in [0.1, 0.15) is 51.9 Å². The van der Waals surface area contributed by atoms with Crippen molar-refractivity contribution in [2.45, 2.75) is 57.5 Å². The SMILES string of the molecule is CCCCCCC/C=C1/CC(CO)(CO)OC1=O. The van der Waals surface area contributed by atoms with E-state index in [-0.39, 0.29) is 13.2 Å². The Hall–Kier alpha value is -0.870. The van der Waals surface area contributed by atoms with Crippen LogP contribution in [0.5, 0.6) is 0 Å². The molecule has 1 aliphatic heterocycles. The number of ether oxygens (including phenoxy) is 1. The Labute approximate surface area is 109 Å². The summed E-state index contributed by atoms with van der Waals surface area (Å²) in [5.74, 6) is -0.397. The van der Waals surface area contributed by atoms with Gasteiger partial charge in [-0.25, -0.2) is 4.79 Å². The van der Waals surface area contributed by atoms with Crippen LogP contribution >= 0.6 is 0 Å². The average molecular weight is 256 g/mol. The van der Waals surface area contributed by atoms with Crippen molar-refractivity contribution in [1.82, 2.24) is 0 Å². The molecule has 0 aliphatic carbocycles. The Morgan fingerprint density at radius 1 is 1.22 bits per heavy atom. The number of aliphatic hydroxyl groups is 2. The first-order valence-corrected chi connectivity index (χ1v) is 6.81. The van der Waals surface area contributed by atoms with Gasteiger partial charge in [0.2, 0.25) is 0 Å². The summed E-state index contributed by atoms with van der Waals surface area (Å²) in [5, 5.41) is 18.3. The number of carbonyl (C=O) groups is 1. The molecule has 1 rings (SSSR count). The fourth-order valence-corrected chi connectivity index (χ4v) is 2.12. The molecule has 0 bridgehead atoms. The lowest BCUT2D eigenvalue weighted by Gasteiger charge is -2.21. The molecule has 0 radical (unpaired) electrons. The molecule has 0 aromatic carbocycles. The Morgan fingerprint density at radius 3 is 2.44 bits per heavy atom. The smallest absolute Gasteiger partial charge is 0.334 e. The summed E-state index contributed by atoms with van der Waals surface area (Å²) in [6, 6.07) is 0. The van der Waals surface area contributed by atoms with Crippen LogP contribution < -0.4 is 0 Å². The third kappa shape index (κ3) is 4.10. The summed E-state index contributed by atoms with van der Waals surface area (Å²) in [7, 11) is 0. The van der Waals surface area contributed by atoms with E-state index in [4.69, 9.17) is 14.9 Å². The lowest BCUT2D eigenvalue weighted by molar-refractivity contribution is -0.154. The van der Waals surface area contributed by atoms with Crippen LogP contribution in [0.4, 0.5) is 0 Å². The van der Waals surface area contributed by atoms with Gasteiger partial charge in [0, 0.05) is 12.0 Å². The minimum absolute atomic E-state index is 0.313. The summed E-state index contributed by atoms with van der Waals surface area (Å²) in [6.07, 6.45) is 9.04. The van der Waals surface area contributed by atoms with E-state index in [9.17, 15) is 4.79 Å². The highest BCUT2D eigenvalue weighted by Crippen LogP contribution is 2.30. The molecule has 0 unspecified atom stereocenters. The maximum absolute atomic E-state index is 11.6. The predicted molar refractivity (Wildman–Crippen MR) is 69.1 cm³/mol. The van der Waals surface area contributed by atoms with Gasteiger partial charge in [0.05, 0.1) is 13.2 Å². The summed E-state index contributed by atoms with van der Waals surface area (Å²) >= 11 is 0. The largest absolute Gasteiger partial charge is 0.450 e. The van der Waals surface area contributed by atoms with Crippen molar-refractivity contribution in [3.8, 4) is 0 Å². The van der Waals surface area contributed by atoms with E-state index < -0.39 is 11.6 Å². The molecule has 0 saturated carbocycles. The first-order valence-electron chi connectivity index (χ1n) is 6.81. The minimum Gasteiger partial charge on any atom is -0.450 e. The molecule has 0 atom stereocenters. The molecule has 2 N–H and O–H groups in total. The molecule has 0 spiro atoms. The van der Waals surface area contributed by atoms with E-state index in [0.717, 1.165) is 12.8 Å². The number of cyclic esters (lactones) is 1. The van der Waals surface area contributed by atoms with Crippen LogP contribution in [0.2, 0.25) is 0 Å². The maximum atomic E-state index is 11.6. The molecule has 0 amide bonds. The first kappa shape index (κ1) is 15.2. The van der Waals surface area contributed by atoms with E-state index >= 15 is 0 Å². The summed E-state index contributed by atoms with van der Waals surface area (Å²) in [4.78, 5) is 11.6. The van der Waals surface area contributed by atoms with E-state index in [2.05, 4.69) is 6.92 Å². The molecular weight excluding hydrogens is 232 g/mol. The van der Waals surface area contributed by atoms with Crippen LogP contribution in [0, 0.1) is 0 Å². The van der Waals surface area contributed by atoms with E-state index in [0.29, 0.717) is 12.0 Å². The molecule has 18 heavy (non-hydrogen) atoms. The van der Waals surface area contributed by atoms with Crippen molar-refractivity contribution in [3.63, 3.8) is 0 Å². The van der Waals surface area contributed by atoms with E-state index in [1.165, 1.54) is 25.7 Å². The van der Waals surface area contributed by atoms with Gasteiger partial charge in [0.25, 0.3) is 0 Å². The maximum Gasteiger partial charge on any atom is 0.334 e. The standard InChI is InChI=1S/C14H24O4/c1-2-3-4-5-6-7-8-12-9-14(10-15,11-16)18-13(12)17/h8,15-16H,2-7,9-11H2,1H3/b12-8-. The van der Waals surface area contributed by atoms with Gasteiger partial charge in [-0.15, -0.1) is 0 Å². The van der Waals surface area contributed by atoms with Gasteiger partial charge in [-0.2, -0.15) is 0 Å². The monoisotopic (exact) mass is 256 g/mol. The fourth-order valence-electron chi connectivity index (χ4n) is 2.12. The second kappa shape index (κ2) is 7.54. The van der Waals surface area contributed by atoms with Gasteiger partial charge >= 0.3 is 5.97 Å². The molecular formula is C14H24O4. The van der Waals surface area contributed by atoms with Gasteiger partial charge in [0.1, 0.15) is 0 Å². The van der Waals surface area contributed by atoms with Gasteiger partial charge in [0.15, 0.2) is 5.60 Å². The molecule has 0 aromatic heterocycles. The molecule has 1 fully saturated rings. The summed E-state index contributed by atoms with van der Waals surface area (Å²) < 4.78 is 5.05. The normalized spacial score (nSPS) is 20.4. The number of rotatable bonds is 8. The number of hydrogen-bond donors (Lipinski definition) is 2. The highest BCUT2D eigenvalue weighted by atomic mass is 16.6. The molecule has 1 aliphatic rings. The second-order valence-corrected chi connectivity index (χ2v) is 5.00. The minimum atomic E-state index is -1.09. The number of allylic oxidation sites excluding steroid dienone is 1. The van der Waals surface area contributed by atoms with Crippen LogP contribution in [0.25, 0.3) is 0 Å². The van der Waals surface area contributed by atoms with Crippen molar-refractivity contribution in [3.05, 3.63) is 11.6 Å². The Kier molecular flexibility index (Phi) is 6.36. The molecule has 1 heterocycles. The number of esters is 1. The molecule has 0 aromatic rings. The third-order valence-corrected chi connectivity index (χ3v) is 3.36. The lowest BCUT2D eigenvalue weighted by atomic mass is 9.98. The summed E-state index contributed by atoms with van der Waals surface area (Å²) in [5.41, 5.74) is -0.501. The van der Waals surface area contributed by atoms with Crippen molar-refractivity contribution in [2.24, 2.45) is 0 Å². The first-order chi connectivity index (χ1) is 8.67. The molecule has 4 nitrogen and oxygen atoms in total. The number of hydrogen-bond acceptors (Lipinski definition) is 4. The van der Waals surface area contributed by atoms with Crippen LogP contribution in [0.15, 0.2) is 11.6 Å². The zero-order valence-corrected chi connectivity index (χ0v) is 11.2. The number of unbranched alkanes of at least 4 members (excludes halogenated alkanes) is 5. The van der Waals surface area contributed by atoms with Crippen molar-refractivity contribution in [1.29, 1.82) is 0 Å². The quantitative estimate of drug-likeness (QED) is 0.396. The number of aliphatic hydroxyl groups excluding tert-OH is 2. The highest BCUT2D eigenvalue weighted by molar-refractivity contribution is 5.91. The lowest BCUT2D eigenvalue weighted by Crippen LogP contribution is -2.37. The summed E-state index contributed by atoms with van der Waals surface area (Å²) in [6.45, 7) is 1.52. The number of carbonyl (C=O) groups excluding carboxylic acids is 1. The highest BCUT2D eigenvalue weighted by Gasteiger charge is 2.42. The van der Waals surface area contributed by atoms with Crippen molar-refractivity contribution < 1.29 is 19.7 Å². The molecule has 104 valence electrons. The Balaban J connectivity index is 2.35. The van der Waals surface area contributed by atoms with Gasteiger partial charge in [-0.1, -0.05) is 38.7 Å². The fraction of sp³-hybridized carbons (Fsp3) is 0.786. The Morgan fingerprint density at radius 2 is 1.89 bits per heavy atom. The van der Waals surface area contributed by atoms with E-state index in [1.807, 2.05) is 6.08 Å². The van der Waals surface area contributed by atoms with Crippen molar-refractivity contribution >= 4 is 5.97 Å². The van der Waals surface area contributed by atoms with Crippen LogP contribution in [0.3, 0.4) is 0 Å². The van der Waals surface area contributed by atoms with Crippen molar-refractivity contribution in [2.75, 3.05) is 13.2 Å².